The molecule has 0 unspecified atom stereocenters. The van der Waals surface area contributed by atoms with Gasteiger partial charge in [-0.25, -0.2) is 4.79 Å². The number of hydrogen-bond donors (Lipinski definition) is 3. The number of anilines is 2. The summed E-state index contributed by atoms with van der Waals surface area (Å²) in [5, 5.41) is 3.16. The smallest absolute Gasteiger partial charge is 0.338 e. The number of carbonyl (C=O) groups excluding carboxylic acids is 2. The van der Waals surface area contributed by atoms with Gasteiger partial charge in [-0.3, -0.25) is 4.79 Å². The highest BCUT2D eigenvalue weighted by atomic mass is 16.5. The highest BCUT2D eigenvalue weighted by Gasteiger charge is 2.08. The summed E-state index contributed by atoms with van der Waals surface area (Å²) >= 11 is 0. The predicted octanol–water partition coefficient (Wildman–Crippen LogP) is 1.51. The van der Waals surface area contributed by atoms with E-state index in [-0.39, 0.29) is 11.9 Å². The molecule has 0 saturated heterocycles. The van der Waals surface area contributed by atoms with Crippen molar-refractivity contribution < 1.29 is 14.3 Å². The third kappa shape index (κ3) is 5.17. The summed E-state index contributed by atoms with van der Waals surface area (Å²) in [6.07, 6.45) is 1.95. The van der Waals surface area contributed by atoms with Crippen LogP contribution in [0.3, 0.4) is 0 Å². The first-order valence-electron chi connectivity index (χ1n) is 6.63. The van der Waals surface area contributed by atoms with Crippen molar-refractivity contribution in [2.45, 2.75) is 26.2 Å². The first-order chi connectivity index (χ1) is 9.54. The molecule has 0 atom stereocenters. The van der Waals surface area contributed by atoms with Gasteiger partial charge in [-0.2, -0.15) is 0 Å². The van der Waals surface area contributed by atoms with Crippen molar-refractivity contribution in [1.82, 2.24) is 0 Å². The van der Waals surface area contributed by atoms with E-state index >= 15 is 0 Å². The second kappa shape index (κ2) is 8.04. The van der Waals surface area contributed by atoms with Crippen molar-refractivity contribution in [2.24, 2.45) is 5.73 Å². The molecule has 0 aliphatic rings. The van der Waals surface area contributed by atoms with Gasteiger partial charge in [0.1, 0.15) is 0 Å². The van der Waals surface area contributed by atoms with E-state index in [1.165, 1.54) is 0 Å². The average molecular weight is 279 g/mol. The summed E-state index contributed by atoms with van der Waals surface area (Å²) in [7, 11) is 0. The fourth-order valence-electron chi connectivity index (χ4n) is 1.71. The Morgan fingerprint density at radius 2 is 2.05 bits per heavy atom. The largest absolute Gasteiger partial charge is 0.462 e. The summed E-state index contributed by atoms with van der Waals surface area (Å²) in [6.45, 7) is 2.78. The molecule has 0 aliphatic heterocycles. The van der Waals surface area contributed by atoms with Crippen molar-refractivity contribution in [3.63, 3.8) is 0 Å². The maximum atomic E-state index is 11.5. The molecule has 0 saturated carbocycles. The number of ether oxygens (including phenoxy) is 1. The van der Waals surface area contributed by atoms with Crippen LogP contribution in [0, 0.1) is 0 Å². The third-order valence-corrected chi connectivity index (χ3v) is 2.73. The van der Waals surface area contributed by atoms with Crippen LogP contribution >= 0.6 is 0 Å². The Morgan fingerprint density at radius 1 is 1.30 bits per heavy atom. The van der Waals surface area contributed by atoms with Gasteiger partial charge in [0, 0.05) is 13.0 Å². The van der Waals surface area contributed by atoms with Gasteiger partial charge in [0.2, 0.25) is 5.91 Å². The predicted molar refractivity (Wildman–Crippen MR) is 78.3 cm³/mol. The molecule has 1 amide bonds. The van der Waals surface area contributed by atoms with Crippen LogP contribution in [0.1, 0.15) is 36.5 Å². The number of rotatable bonds is 8. The van der Waals surface area contributed by atoms with Crippen molar-refractivity contribution in [3.05, 3.63) is 23.8 Å². The lowest BCUT2D eigenvalue weighted by Gasteiger charge is -2.10. The van der Waals surface area contributed by atoms with Gasteiger partial charge in [-0.15, -0.1) is 0 Å². The lowest BCUT2D eigenvalue weighted by Crippen LogP contribution is -2.11. The third-order valence-electron chi connectivity index (χ3n) is 2.73. The first-order valence-corrected chi connectivity index (χ1v) is 6.63. The lowest BCUT2D eigenvalue weighted by atomic mass is 10.1. The number of benzene rings is 1. The molecule has 6 nitrogen and oxygen atoms in total. The highest BCUT2D eigenvalue weighted by Crippen LogP contribution is 2.20. The second-order valence-electron chi connectivity index (χ2n) is 4.37. The van der Waals surface area contributed by atoms with Gasteiger partial charge in [0.05, 0.1) is 23.5 Å². The zero-order chi connectivity index (χ0) is 15.0. The van der Waals surface area contributed by atoms with Crippen LogP contribution < -0.4 is 16.8 Å². The van der Waals surface area contributed by atoms with Crippen LogP contribution in [-0.4, -0.2) is 25.0 Å². The summed E-state index contributed by atoms with van der Waals surface area (Å²) in [6, 6.07) is 5.00. The molecular weight excluding hydrogens is 258 g/mol. The molecule has 0 radical (unpaired) electrons. The zero-order valence-electron chi connectivity index (χ0n) is 11.6. The maximum Gasteiger partial charge on any atom is 0.338 e. The Kier molecular flexibility index (Phi) is 6.36. The number of hydrogen-bond acceptors (Lipinski definition) is 5. The van der Waals surface area contributed by atoms with E-state index in [4.69, 9.17) is 16.2 Å². The minimum atomic E-state index is -0.382. The van der Waals surface area contributed by atoms with E-state index in [9.17, 15) is 9.59 Å². The maximum absolute atomic E-state index is 11.5. The van der Waals surface area contributed by atoms with Crippen LogP contribution in [0.4, 0.5) is 11.4 Å². The molecule has 0 fully saturated rings. The zero-order valence-corrected chi connectivity index (χ0v) is 11.6. The number of unbranched alkanes of at least 4 members (excludes halogenated alkanes) is 1. The highest BCUT2D eigenvalue weighted by molar-refractivity contribution is 5.91. The number of nitrogen functional groups attached to an aromatic ring is 1. The van der Waals surface area contributed by atoms with Gasteiger partial charge >= 0.3 is 5.97 Å². The van der Waals surface area contributed by atoms with E-state index in [1.807, 2.05) is 0 Å². The van der Waals surface area contributed by atoms with Crippen molar-refractivity contribution in [3.8, 4) is 0 Å². The van der Waals surface area contributed by atoms with Crippen LogP contribution in [-0.2, 0) is 9.53 Å². The van der Waals surface area contributed by atoms with E-state index in [1.54, 1.807) is 25.1 Å². The summed E-state index contributed by atoms with van der Waals surface area (Å²) in [5.41, 5.74) is 12.6. The second-order valence-corrected chi connectivity index (χ2v) is 4.37. The Labute approximate surface area is 118 Å². The van der Waals surface area contributed by atoms with Crippen molar-refractivity contribution >= 4 is 23.3 Å². The Balaban J connectivity index is 2.47. The number of amides is 1. The molecule has 110 valence electrons. The van der Waals surface area contributed by atoms with Gasteiger partial charge in [-0.1, -0.05) is 0 Å². The van der Waals surface area contributed by atoms with Gasteiger partial charge in [-0.05, 0) is 38.0 Å². The Hall–Kier alpha value is -2.24. The number of primary amides is 1. The van der Waals surface area contributed by atoms with E-state index in [0.29, 0.717) is 30.8 Å². The van der Waals surface area contributed by atoms with Crippen molar-refractivity contribution in [2.75, 3.05) is 24.2 Å². The molecule has 1 aromatic carbocycles. The molecular formula is C14H21N3O3. The number of carbonyl (C=O) groups is 2. The van der Waals surface area contributed by atoms with Crippen LogP contribution in [0.25, 0.3) is 0 Å². The lowest BCUT2D eigenvalue weighted by molar-refractivity contribution is -0.118. The standard InChI is InChI=1S/C14H21N3O3/c1-2-20-14(19)10-6-7-12(11(15)9-10)17-8-4-3-5-13(16)18/h6-7,9,17H,2-5,8,15H2,1H3,(H2,16,18). The Morgan fingerprint density at radius 3 is 2.65 bits per heavy atom. The van der Waals surface area contributed by atoms with Gasteiger partial charge in [0.25, 0.3) is 0 Å². The monoisotopic (exact) mass is 279 g/mol. The summed E-state index contributed by atoms with van der Waals surface area (Å²) in [5.74, 6) is -0.671. The number of esters is 1. The topological polar surface area (TPSA) is 107 Å². The average Bonchev–Trinajstić information content (AvgIpc) is 2.39. The quantitative estimate of drug-likeness (QED) is 0.380. The van der Waals surface area contributed by atoms with E-state index < -0.39 is 0 Å². The number of nitrogens with two attached hydrogens (primary N) is 2. The fraction of sp³-hybridized carbons (Fsp3) is 0.429. The molecule has 1 aromatic rings. The molecule has 20 heavy (non-hydrogen) atoms. The Bertz CT molecular complexity index is 475. The molecule has 0 aliphatic carbocycles. The molecule has 0 aromatic heterocycles. The van der Waals surface area contributed by atoms with E-state index in [0.717, 1.165) is 18.5 Å². The molecule has 5 N–H and O–H groups in total. The molecule has 1 rings (SSSR count). The summed E-state index contributed by atoms with van der Waals surface area (Å²) < 4.78 is 4.90. The van der Waals surface area contributed by atoms with E-state index in [2.05, 4.69) is 5.32 Å². The number of nitrogens with one attached hydrogen (secondary N) is 1. The SMILES string of the molecule is CCOC(=O)c1ccc(NCCCCC(N)=O)c(N)c1. The normalized spacial score (nSPS) is 10.1. The molecule has 6 heteroatoms. The fourth-order valence-corrected chi connectivity index (χ4v) is 1.71. The van der Waals surface area contributed by atoms with Crippen LogP contribution in [0.5, 0.6) is 0 Å². The minimum absolute atomic E-state index is 0.289. The summed E-state index contributed by atoms with van der Waals surface area (Å²) in [4.78, 5) is 22.1. The minimum Gasteiger partial charge on any atom is -0.462 e. The first kappa shape index (κ1) is 15.8. The van der Waals surface area contributed by atoms with Crippen LogP contribution in [0.2, 0.25) is 0 Å². The molecule has 0 bridgehead atoms. The van der Waals surface area contributed by atoms with Crippen LogP contribution in [0.15, 0.2) is 18.2 Å². The molecule has 0 spiro atoms. The molecule has 0 heterocycles. The van der Waals surface area contributed by atoms with Gasteiger partial charge in [0.15, 0.2) is 0 Å². The van der Waals surface area contributed by atoms with Gasteiger partial charge < -0.3 is 21.5 Å². The van der Waals surface area contributed by atoms with Crippen molar-refractivity contribution in [1.29, 1.82) is 0 Å².